The Labute approximate surface area is 132 Å². The van der Waals surface area contributed by atoms with Crippen LogP contribution >= 0.6 is 43.5 Å². The smallest absolute Gasteiger partial charge is 0.137 e. The topological polar surface area (TPSA) is 38.0 Å². The van der Waals surface area contributed by atoms with Gasteiger partial charge >= 0.3 is 0 Å². The molecule has 6 heteroatoms. The van der Waals surface area contributed by atoms with Crippen LogP contribution in [0.5, 0.6) is 0 Å². The first-order chi connectivity index (χ1) is 9.04. The van der Waals surface area contributed by atoms with Crippen molar-refractivity contribution < 1.29 is 4.39 Å². The zero-order chi connectivity index (χ0) is 14.0. The van der Waals surface area contributed by atoms with Crippen LogP contribution in [0.4, 0.5) is 4.39 Å². The lowest BCUT2D eigenvalue weighted by atomic mass is 9.99. The quantitative estimate of drug-likeness (QED) is 0.577. The predicted octanol–water partition coefficient (Wildman–Crippen LogP) is 4.56. The second-order valence-electron chi connectivity index (χ2n) is 3.91. The molecule has 0 fully saturated rings. The molecule has 0 aromatic heterocycles. The number of hydrogen-bond donors (Lipinski definition) is 2. The van der Waals surface area contributed by atoms with Crippen molar-refractivity contribution in [1.29, 1.82) is 0 Å². The standard InChI is InChI=1S/C13H10Br2ClFN2/c14-8-5-4-7(6-11(8)17)13(19-18)12-9(15)2-1-3-10(12)16/h1-6,13,19H,18H2. The SMILES string of the molecule is NNC(c1ccc(Br)c(F)c1)c1c(Cl)cccc1Br. The lowest BCUT2D eigenvalue weighted by molar-refractivity contribution is 0.600. The molecule has 0 aliphatic rings. The van der Waals surface area contributed by atoms with Crippen LogP contribution in [0.3, 0.4) is 0 Å². The van der Waals surface area contributed by atoms with E-state index in [4.69, 9.17) is 17.4 Å². The molecular formula is C13H10Br2ClFN2. The lowest BCUT2D eigenvalue weighted by Crippen LogP contribution is -2.29. The Bertz CT molecular complexity index is 587. The molecule has 1 unspecified atom stereocenters. The van der Waals surface area contributed by atoms with Crippen LogP contribution < -0.4 is 11.3 Å². The second-order valence-corrected chi connectivity index (χ2v) is 6.02. The van der Waals surface area contributed by atoms with Gasteiger partial charge in [-0.3, -0.25) is 5.84 Å². The number of benzene rings is 2. The largest absolute Gasteiger partial charge is 0.271 e. The number of rotatable bonds is 3. The number of nitrogens with two attached hydrogens (primary N) is 1. The Balaban J connectivity index is 2.53. The first kappa shape index (κ1) is 14.9. The molecule has 0 bridgehead atoms. The average Bonchev–Trinajstić information content (AvgIpc) is 2.37. The van der Waals surface area contributed by atoms with Gasteiger partial charge in [0.2, 0.25) is 0 Å². The summed E-state index contributed by atoms with van der Waals surface area (Å²) < 4.78 is 14.9. The Morgan fingerprint density at radius 3 is 2.47 bits per heavy atom. The van der Waals surface area contributed by atoms with Crippen molar-refractivity contribution in [3.8, 4) is 0 Å². The molecule has 0 radical (unpaired) electrons. The zero-order valence-electron chi connectivity index (χ0n) is 9.63. The fourth-order valence-corrected chi connectivity index (χ4v) is 3.06. The highest BCUT2D eigenvalue weighted by Crippen LogP contribution is 2.34. The molecule has 0 spiro atoms. The summed E-state index contributed by atoms with van der Waals surface area (Å²) in [5, 5.41) is 0.556. The molecule has 3 N–H and O–H groups in total. The van der Waals surface area contributed by atoms with Crippen LogP contribution in [0.2, 0.25) is 5.02 Å². The summed E-state index contributed by atoms with van der Waals surface area (Å²) in [4.78, 5) is 0. The van der Waals surface area contributed by atoms with Crippen LogP contribution in [-0.2, 0) is 0 Å². The van der Waals surface area contributed by atoms with E-state index in [0.29, 0.717) is 15.1 Å². The maximum absolute atomic E-state index is 13.6. The van der Waals surface area contributed by atoms with E-state index in [0.717, 1.165) is 10.0 Å². The van der Waals surface area contributed by atoms with E-state index >= 15 is 0 Å². The van der Waals surface area contributed by atoms with Crippen LogP contribution in [0.1, 0.15) is 17.2 Å². The fourth-order valence-electron chi connectivity index (χ4n) is 1.82. The highest BCUT2D eigenvalue weighted by Gasteiger charge is 2.19. The molecule has 19 heavy (non-hydrogen) atoms. The first-order valence-electron chi connectivity index (χ1n) is 5.39. The predicted molar refractivity (Wildman–Crippen MR) is 82.4 cm³/mol. The summed E-state index contributed by atoms with van der Waals surface area (Å²) in [7, 11) is 0. The van der Waals surface area contributed by atoms with Gasteiger partial charge in [-0.15, -0.1) is 0 Å². The average molecular weight is 408 g/mol. The number of hydrogen-bond acceptors (Lipinski definition) is 2. The normalized spacial score (nSPS) is 12.5. The van der Waals surface area contributed by atoms with E-state index in [1.54, 1.807) is 18.2 Å². The fraction of sp³-hybridized carbons (Fsp3) is 0.0769. The minimum atomic E-state index is -0.398. The minimum Gasteiger partial charge on any atom is -0.271 e. The van der Waals surface area contributed by atoms with Crippen molar-refractivity contribution in [2.24, 2.45) is 5.84 Å². The summed E-state index contributed by atoms with van der Waals surface area (Å²) in [6.07, 6.45) is 0. The third-order valence-corrected chi connectivity index (χ3v) is 4.40. The summed E-state index contributed by atoms with van der Waals surface area (Å²) in [6.45, 7) is 0. The van der Waals surface area contributed by atoms with Crippen LogP contribution in [0.15, 0.2) is 45.3 Å². The van der Waals surface area contributed by atoms with Gasteiger partial charge in [-0.2, -0.15) is 0 Å². The molecule has 1 atom stereocenters. The number of nitrogens with one attached hydrogen (secondary N) is 1. The summed E-state index contributed by atoms with van der Waals surface area (Å²) >= 11 is 12.8. The van der Waals surface area contributed by atoms with Gasteiger partial charge in [0.1, 0.15) is 5.82 Å². The Morgan fingerprint density at radius 1 is 1.16 bits per heavy atom. The summed E-state index contributed by atoms with van der Waals surface area (Å²) in [5.74, 6) is 5.25. The Morgan fingerprint density at radius 2 is 1.89 bits per heavy atom. The molecule has 2 rings (SSSR count). The molecule has 0 saturated heterocycles. The highest BCUT2D eigenvalue weighted by atomic mass is 79.9. The van der Waals surface area contributed by atoms with E-state index in [1.165, 1.54) is 6.07 Å². The number of hydrazine groups is 1. The molecule has 100 valence electrons. The van der Waals surface area contributed by atoms with Crippen molar-refractivity contribution in [1.82, 2.24) is 5.43 Å². The van der Waals surface area contributed by atoms with E-state index in [1.807, 2.05) is 12.1 Å². The second kappa shape index (κ2) is 6.33. The number of halogens is 4. The molecule has 2 aromatic rings. The maximum atomic E-state index is 13.6. The molecule has 0 aliphatic heterocycles. The molecule has 0 amide bonds. The monoisotopic (exact) mass is 406 g/mol. The third-order valence-electron chi connectivity index (χ3n) is 2.73. The maximum Gasteiger partial charge on any atom is 0.137 e. The highest BCUT2D eigenvalue weighted by molar-refractivity contribution is 9.10. The Kier molecular flexibility index (Phi) is 4.97. The van der Waals surface area contributed by atoms with Gasteiger partial charge in [-0.05, 0) is 45.8 Å². The molecule has 0 saturated carbocycles. The third kappa shape index (κ3) is 3.17. The van der Waals surface area contributed by atoms with Crippen molar-refractivity contribution in [2.75, 3.05) is 0 Å². The molecule has 2 nitrogen and oxygen atoms in total. The molecular weight excluding hydrogens is 398 g/mol. The van der Waals surface area contributed by atoms with Crippen molar-refractivity contribution in [3.63, 3.8) is 0 Å². The van der Waals surface area contributed by atoms with Crippen LogP contribution in [0, 0.1) is 5.82 Å². The van der Waals surface area contributed by atoms with E-state index in [2.05, 4.69) is 37.3 Å². The van der Waals surface area contributed by atoms with E-state index in [-0.39, 0.29) is 5.82 Å². The van der Waals surface area contributed by atoms with Crippen molar-refractivity contribution >= 4 is 43.5 Å². The summed E-state index contributed by atoms with van der Waals surface area (Å²) in [5.41, 5.74) is 4.13. The lowest BCUT2D eigenvalue weighted by Gasteiger charge is -2.20. The first-order valence-corrected chi connectivity index (χ1v) is 7.36. The zero-order valence-corrected chi connectivity index (χ0v) is 13.6. The van der Waals surface area contributed by atoms with E-state index < -0.39 is 6.04 Å². The van der Waals surface area contributed by atoms with Gasteiger partial charge in [-0.25, -0.2) is 9.82 Å². The van der Waals surface area contributed by atoms with Gasteiger partial charge < -0.3 is 0 Å². The van der Waals surface area contributed by atoms with Crippen LogP contribution in [-0.4, -0.2) is 0 Å². The Hall–Kier alpha value is -0.460. The minimum absolute atomic E-state index is 0.346. The van der Waals surface area contributed by atoms with E-state index in [9.17, 15) is 4.39 Å². The van der Waals surface area contributed by atoms with Gasteiger partial charge in [0.05, 0.1) is 10.5 Å². The summed E-state index contributed by atoms with van der Waals surface area (Å²) in [6, 6.07) is 9.90. The van der Waals surface area contributed by atoms with Gasteiger partial charge in [0, 0.05) is 15.1 Å². The van der Waals surface area contributed by atoms with Gasteiger partial charge in [-0.1, -0.05) is 39.7 Å². The van der Waals surface area contributed by atoms with Gasteiger partial charge in [0.15, 0.2) is 0 Å². The molecule has 0 aliphatic carbocycles. The van der Waals surface area contributed by atoms with Crippen molar-refractivity contribution in [3.05, 3.63) is 67.3 Å². The van der Waals surface area contributed by atoms with Crippen LogP contribution in [0.25, 0.3) is 0 Å². The molecule has 2 aromatic carbocycles. The van der Waals surface area contributed by atoms with Gasteiger partial charge in [0.25, 0.3) is 0 Å². The van der Waals surface area contributed by atoms with Crippen molar-refractivity contribution in [2.45, 2.75) is 6.04 Å². The molecule has 0 heterocycles.